The lowest BCUT2D eigenvalue weighted by molar-refractivity contribution is 1.22. The Bertz CT molecular complexity index is 556. The molecule has 4 N–H and O–H groups in total. The largest absolute Gasteiger partial charge is 0.340 e. The Balaban J connectivity index is 2.11. The molecule has 0 atom stereocenters. The first-order valence-corrected chi connectivity index (χ1v) is 5.48. The van der Waals surface area contributed by atoms with Crippen molar-refractivity contribution >= 4 is 17.3 Å². The van der Waals surface area contributed by atoms with Gasteiger partial charge in [0.15, 0.2) is 0 Å². The molecule has 0 radical (unpaired) electrons. The first-order valence-electron chi connectivity index (χ1n) is 5.48. The lowest BCUT2D eigenvalue weighted by atomic mass is 10.1. The molecular weight excluding hydrogens is 226 g/mol. The van der Waals surface area contributed by atoms with Gasteiger partial charge >= 0.3 is 0 Å². The third-order valence-corrected chi connectivity index (χ3v) is 2.41. The maximum atomic E-state index is 8.59. The SMILES string of the molecule is N#CCc1ccc(Nc2cccc(NN)n2)cc1. The molecule has 2 aromatic rings. The van der Waals surface area contributed by atoms with Crippen molar-refractivity contribution in [3.05, 3.63) is 48.0 Å². The van der Waals surface area contributed by atoms with Crippen LogP contribution in [0.25, 0.3) is 0 Å². The van der Waals surface area contributed by atoms with E-state index in [1.54, 1.807) is 6.07 Å². The van der Waals surface area contributed by atoms with Gasteiger partial charge < -0.3 is 10.7 Å². The standard InChI is InChI=1S/C13H13N5/c14-9-8-10-4-6-11(7-5-10)16-12-2-1-3-13(17-12)18-15/h1-7H,8,15H2,(H2,16,17,18). The van der Waals surface area contributed by atoms with Crippen molar-refractivity contribution < 1.29 is 0 Å². The Labute approximate surface area is 105 Å². The zero-order valence-corrected chi connectivity index (χ0v) is 9.72. The molecule has 2 rings (SSSR count). The number of hydrazine groups is 1. The molecule has 18 heavy (non-hydrogen) atoms. The highest BCUT2D eigenvalue weighted by atomic mass is 15.3. The van der Waals surface area contributed by atoms with E-state index in [0.717, 1.165) is 11.3 Å². The minimum Gasteiger partial charge on any atom is -0.340 e. The Hall–Kier alpha value is -2.58. The van der Waals surface area contributed by atoms with Gasteiger partial charge in [-0.2, -0.15) is 5.26 Å². The summed E-state index contributed by atoms with van der Waals surface area (Å²) in [7, 11) is 0. The number of nitrogens with zero attached hydrogens (tertiary/aromatic N) is 2. The number of hydrogen-bond donors (Lipinski definition) is 3. The van der Waals surface area contributed by atoms with Crippen molar-refractivity contribution in [2.45, 2.75) is 6.42 Å². The van der Waals surface area contributed by atoms with Gasteiger partial charge in [0.05, 0.1) is 12.5 Å². The van der Waals surface area contributed by atoms with Crippen LogP contribution in [-0.2, 0) is 6.42 Å². The van der Waals surface area contributed by atoms with Gasteiger partial charge in [-0.05, 0) is 29.8 Å². The van der Waals surface area contributed by atoms with Gasteiger partial charge in [0.2, 0.25) is 0 Å². The maximum absolute atomic E-state index is 8.59. The molecule has 0 spiro atoms. The molecule has 0 aliphatic carbocycles. The van der Waals surface area contributed by atoms with Crippen LogP contribution < -0.4 is 16.6 Å². The molecule has 5 nitrogen and oxygen atoms in total. The van der Waals surface area contributed by atoms with Crippen LogP contribution in [0.2, 0.25) is 0 Å². The van der Waals surface area contributed by atoms with Crippen LogP contribution in [0, 0.1) is 11.3 Å². The van der Waals surface area contributed by atoms with Gasteiger partial charge in [0.25, 0.3) is 0 Å². The zero-order chi connectivity index (χ0) is 12.8. The van der Waals surface area contributed by atoms with Gasteiger partial charge in [0.1, 0.15) is 11.6 Å². The number of nitrogens with one attached hydrogen (secondary N) is 2. The second-order valence-corrected chi connectivity index (χ2v) is 3.71. The summed E-state index contributed by atoms with van der Waals surface area (Å²) < 4.78 is 0. The molecule has 0 saturated heterocycles. The number of nitrogen functional groups attached to an aromatic ring is 1. The highest BCUT2D eigenvalue weighted by molar-refractivity contribution is 5.58. The minimum absolute atomic E-state index is 0.422. The molecule has 0 fully saturated rings. The number of nitrogens with two attached hydrogens (primary N) is 1. The van der Waals surface area contributed by atoms with Gasteiger partial charge in [0, 0.05) is 5.69 Å². The van der Waals surface area contributed by atoms with E-state index < -0.39 is 0 Å². The summed E-state index contributed by atoms with van der Waals surface area (Å²) in [4.78, 5) is 4.25. The van der Waals surface area contributed by atoms with E-state index in [9.17, 15) is 0 Å². The van der Waals surface area contributed by atoms with Crippen LogP contribution in [0.1, 0.15) is 5.56 Å². The van der Waals surface area contributed by atoms with E-state index >= 15 is 0 Å². The van der Waals surface area contributed by atoms with Gasteiger partial charge in [-0.1, -0.05) is 18.2 Å². The number of nitriles is 1. The molecule has 1 heterocycles. The molecule has 1 aromatic carbocycles. The monoisotopic (exact) mass is 239 g/mol. The van der Waals surface area contributed by atoms with Crippen LogP contribution in [0.4, 0.5) is 17.3 Å². The topological polar surface area (TPSA) is 86.8 Å². The van der Waals surface area contributed by atoms with Gasteiger partial charge in [-0.3, -0.25) is 0 Å². The minimum atomic E-state index is 0.422. The fraction of sp³-hybridized carbons (Fsp3) is 0.0769. The fourth-order valence-electron chi connectivity index (χ4n) is 1.53. The highest BCUT2D eigenvalue weighted by Crippen LogP contribution is 2.16. The normalized spacial score (nSPS) is 9.56. The van der Waals surface area contributed by atoms with E-state index in [4.69, 9.17) is 11.1 Å². The zero-order valence-electron chi connectivity index (χ0n) is 9.72. The summed E-state index contributed by atoms with van der Waals surface area (Å²) in [5.41, 5.74) is 4.40. The molecule has 0 unspecified atom stereocenters. The van der Waals surface area contributed by atoms with Crippen LogP contribution in [0.15, 0.2) is 42.5 Å². The Morgan fingerprint density at radius 1 is 1.11 bits per heavy atom. The smallest absolute Gasteiger partial charge is 0.142 e. The van der Waals surface area contributed by atoms with Crippen molar-refractivity contribution in [2.24, 2.45) is 5.84 Å². The number of pyridine rings is 1. The molecular formula is C13H13N5. The van der Waals surface area contributed by atoms with E-state index in [1.807, 2.05) is 36.4 Å². The number of aromatic nitrogens is 1. The lowest BCUT2D eigenvalue weighted by Crippen LogP contribution is -2.08. The predicted octanol–water partition coefficient (Wildman–Crippen LogP) is 2.18. The van der Waals surface area contributed by atoms with Crippen LogP contribution in [0.3, 0.4) is 0 Å². The number of hydrogen-bond acceptors (Lipinski definition) is 5. The predicted molar refractivity (Wildman–Crippen MR) is 71.1 cm³/mol. The van der Waals surface area contributed by atoms with Crippen molar-refractivity contribution in [1.82, 2.24) is 4.98 Å². The molecule has 0 aliphatic heterocycles. The van der Waals surface area contributed by atoms with Crippen molar-refractivity contribution in [1.29, 1.82) is 5.26 Å². The van der Waals surface area contributed by atoms with Crippen LogP contribution >= 0.6 is 0 Å². The molecule has 90 valence electrons. The van der Waals surface area contributed by atoms with E-state index in [-0.39, 0.29) is 0 Å². The summed E-state index contributed by atoms with van der Waals surface area (Å²) in [6.07, 6.45) is 0.422. The van der Waals surface area contributed by atoms with Crippen LogP contribution in [-0.4, -0.2) is 4.98 Å². The average Bonchev–Trinajstić information content (AvgIpc) is 2.42. The van der Waals surface area contributed by atoms with E-state index in [2.05, 4.69) is 21.8 Å². The van der Waals surface area contributed by atoms with E-state index in [0.29, 0.717) is 18.1 Å². The fourth-order valence-corrected chi connectivity index (χ4v) is 1.53. The number of anilines is 3. The second kappa shape index (κ2) is 5.66. The van der Waals surface area contributed by atoms with Crippen molar-refractivity contribution in [2.75, 3.05) is 10.7 Å². The molecule has 1 aromatic heterocycles. The van der Waals surface area contributed by atoms with Crippen molar-refractivity contribution in [3.8, 4) is 6.07 Å². The Kier molecular flexibility index (Phi) is 3.74. The van der Waals surface area contributed by atoms with Gasteiger partial charge in [-0.15, -0.1) is 0 Å². The number of rotatable bonds is 4. The Morgan fingerprint density at radius 2 is 1.83 bits per heavy atom. The summed E-state index contributed by atoms with van der Waals surface area (Å²) in [6.45, 7) is 0. The quantitative estimate of drug-likeness (QED) is 0.562. The molecule has 0 aliphatic rings. The highest BCUT2D eigenvalue weighted by Gasteiger charge is 1.98. The van der Waals surface area contributed by atoms with Crippen molar-refractivity contribution in [3.63, 3.8) is 0 Å². The first kappa shape index (κ1) is 11.9. The lowest BCUT2D eigenvalue weighted by Gasteiger charge is -2.07. The number of benzene rings is 1. The summed E-state index contributed by atoms with van der Waals surface area (Å²) >= 11 is 0. The summed E-state index contributed by atoms with van der Waals surface area (Å²) in [5, 5.41) is 11.7. The van der Waals surface area contributed by atoms with E-state index in [1.165, 1.54) is 0 Å². The molecule has 0 amide bonds. The third-order valence-electron chi connectivity index (χ3n) is 2.41. The average molecular weight is 239 g/mol. The third kappa shape index (κ3) is 2.97. The van der Waals surface area contributed by atoms with Gasteiger partial charge in [-0.25, -0.2) is 10.8 Å². The first-order chi connectivity index (χ1) is 8.81. The second-order valence-electron chi connectivity index (χ2n) is 3.71. The Morgan fingerprint density at radius 3 is 2.50 bits per heavy atom. The molecule has 0 saturated carbocycles. The summed E-state index contributed by atoms with van der Waals surface area (Å²) in [6, 6.07) is 15.3. The van der Waals surface area contributed by atoms with Crippen LogP contribution in [0.5, 0.6) is 0 Å². The maximum Gasteiger partial charge on any atom is 0.142 e. The molecule has 0 bridgehead atoms. The summed E-state index contributed by atoms with van der Waals surface area (Å²) in [5.74, 6) is 6.60. The molecule has 5 heteroatoms.